The van der Waals surface area contributed by atoms with Gasteiger partial charge in [-0.1, -0.05) is 18.5 Å². The summed E-state index contributed by atoms with van der Waals surface area (Å²) in [6, 6.07) is 2.02. The van der Waals surface area contributed by atoms with E-state index in [0.29, 0.717) is 19.7 Å². The average molecular weight is 285 g/mol. The Labute approximate surface area is 121 Å². The van der Waals surface area contributed by atoms with Gasteiger partial charge in [0.15, 0.2) is 0 Å². The first-order valence-corrected chi connectivity index (χ1v) is 7.24. The van der Waals surface area contributed by atoms with Gasteiger partial charge in [0.25, 0.3) is 0 Å². The van der Waals surface area contributed by atoms with E-state index < -0.39 is 0 Å². The van der Waals surface area contributed by atoms with E-state index in [1.807, 2.05) is 19.9 Å². The molecule has 3 nitrogen and oxygen atoms in total. The van der Waals surface area contributed by atoms with Gasteiger partial charge in [-0.05, 0) is 68.5 Å². The van der Waals surface area contributed by atoms with E-state index in [4.69, 9.17) is 27.8 Å². The highest BCUT2D eigenvalue weighted by Crippen LogP contribution is 2.33. The van der Waals surface area contributed by atoms with Crippen molar-refractivity contribution in [1.29, 1.82) is 0 Å². The van der Waals surface area contributed by atoms with Crippen LogP contribution in [0.3, 0.4) is 0 Å². The van der Waals surface area contributed by atoms with Crippen LogP contribution >= 0.6 is 11.6 Å². The van der Waals surface area contributed by atoms with Crippen molar-refractivity contribution < 1.29 is 4.74 Å². The van der Waals surface area contributed by atoms with Gasteiger partial charge in [-0.25, -0.2) is 0 Å². The monoisotopic (exact) mass is 284 g/mol. The van der Waals surface area contributed by atoms with Gasteiger partial charge < -0.3 is 16.2 Å². The minimum atomic E-state index is 0.265. The topological polar surface area (TPSA) is 61.3 Å². The van der Waals surface area contributed by atoms with Crippen LogP contribution in [-0.4, -0.2) is 19.7 Å². The fraction of sp³-hybridized carbons (Fsp3) is 0.600. The number of nitrogens with two attached hydrogens (primary N) is 2. The average Bonchev–Trinajstić information content (AvgIpc) is 2.42. The Kier molecular flexibility index (Phi) is 6.63. The van der Waals surface area contributed by atoms with Crippen molar-refractivity contribution in [3.05, 3.63) is 27.8 Å². The summed E-state index contributed by atoms with van der Waals surface area (Å²) in [5.41, 5.74) is 14.8. The first-order chi connectivity index (χ1) is 9.04. The van der Waals surface area contributed by atoms with Gasteiger partial charge in [-0.15, -0.1) is 0 Å². The molecule has 0 saturated carbocycles. The van der Waals surface area contributed by atoms with Crippen LogP contribution < -0.4 is 16.2 Å². The first-order valence-electron chi connectivity index (χ1n) is 6.86. The normalized spacial score (nSPS) is 11.1. The highest BCUT2D eigenvalue weighted by atomic mass is 35.5. The summed E-state index contributed by atoms with van der Waals surface area (Å²) >= 11 is 6.34. The number of aryl methyl sites for hydroxylation is 1. The van der Waals surface area contributed by atoms with E-state index in [1.54, 1.807) is 0 Å². The number of hydrogen-bond donors (Lipinski definition) is 2. The summed E-state index contributed by atoms with van der Waals surface area (Å²) in [6.07, 6.45) is 1.80. The molecule has 4 heteroatoms. The largest absolute Gasteiger partial charge is 0.493 e. The van der Waals surface area contributed by atoms with Gasteiger partial charge in [-0.2, -0.15) is 0 Å². The van der Waals surface area contributed by atoms with E-state index >= 15 is 0 Å². The van der Waals surface area contributed by atoms with Crippen molar-refractivity contribution >= 4 is 11.6 Å². The predicted octanol–water partition coefficient (Wildman–Crippen LogP) is 2.82. The molecular formula is C15H25ClN2O. The maximum Gasteiger partial charge on any atom is 0.123 e. The lowest BCUT2D eigenvalue weighted by Gasteiger charge is -2.20. The third kappa shape index (κ3) is 4.10. The zero-order valence-electron chi connectivity index (χ0n) is 12.1. The second kappa shape index (κ2) is 7.73. The van der Waals surface area contributed by atoms with Crippen molar-refractivity contribution in [3.63, 3.8) is 0 Å². The van der Waals surface area contributed by atoms with Crippen LogP contribution in [0, 0.1) is 19.8 Å². The molecule has 0 heterocycles. The Balaban J connectivity index is 3.13. The fourth-order valence-corrected chi connectivity index (χ4v) is 2.27. The molecule has 0 spiro atoms. The smallest absolute Gasteiger partial charge is 0.123 e. The van der Waals surface area contributed by atoms with Crippen LogP contribution in [0.15, 0.2) is 6.07 Å². The third-order valence-corrected chi connectivity index (χ3v) is 3.98. The van der Waals surface area contributed by atoms with E-state index in [-0.39, 0.29) is 5.92 Å². The standard InChI is InChI=1S/C15H25ClN2O/c1-4-5-19-14-6-10(2)15(16)11(3)13(14)7-12(8-17)9-18/h6,12H,4-5,7-9,17-18H2,1-3H3. The van der Waals surface area contributed by atoms with E-state index in [1.165, 1.54) is 0 Å². The Morgan fingerprint density at radius 3 is 2.42 bits per heavy atom. The van der Waals surface area contributed by atoms with Gasteiger partial charge in [0.1, 0.15) is 5.75 Å². The molecule has 0 bridgehead atoms. The molecule has 1 aromatic rings. The fourth-order valence-electron chi connectivity index (χ4n) is 2.11. The quantitative estimate of drug-likeness (QED) is 0.809. The maximum atomic E-state index is 6.34. The highest BCUT2D eigenvalue weighted by Gasteiger charge is 2.16. The minimum absolute atomic E-state index is 0.265. The summed E-state index contributed by atoms with van der Waals surface area (Å²) in [5, 5.41) is 0.812. The number of halogens is 1. The van der Waals surface area contributed by atoms with E-state index in [2.05, 4.69) is 6.92 Å². The number of ether oxygens (including phenoxy) is 1. The summed E-state index contributed by atoms with van der Waals surface area (Å²) in [7, 11) is 0. The molecule has 108 valence electrons. The number of rotatable bonds is 7. The Hall–Kier alpha value is -0.770. The summed E-state index contributed by atoms with van der Waals surface area (Å²) < 4.78 is 5.85. The molecule has 0 fully saturated rings. The second-order valence-corrected chi connectivity index (χ2v) is 5.38. The van der Waals surface area contributed by atoms with E-state index in [9.17, 15) is 0 Å². The molecule has 0 amide bonds. The molecule has 0 aliphatic rings. The molecule has 0 unspecified atom stereocenters. The Bertz CT molecular complexity index is 417. The molecule has 1 aromatic carbocycles. The van der Waals surface area contributed by atoms with Crippen molar-refractivity contribution in [2.75, 3.05) is 19.7 Å². The number of benzene rings is 1. The first kappa shape index (κ1) is 16.3. The van der Waals surface area contributed by atoms with Gasteiger partial charge in [0, 0.05) is 5.02 Å². The van der Waals surface area contributed by atoms with Crippen molar-refractivity contribution in [3.8, 4) is 5.75 Å². The molecule has 0 aromatic heterocycles. The molecule has 0 aliphatic carbocycles. The van der Waals surface area contributed by atoms with Crippen LogP contribution in [0.2, 0.25) is 5.02 Å². The lowest BCUT2D eigenvalue weighted by molar-refractivity contribution is 0.312. The molecule has 0 aliphatic heterocycles. The van der Waals surface area contributed by atoms with Crippen LogP contribution in [0.5, 0.6) is 5.75 Å². The van der Waals surface area contributed by atoms with Crippen LogP contribution in [0.25, 0.3) is 0 Å². The van der Waals surface area contributed by atoms with Crippen LogP contribution in [0.1, 0.15) is 30.0 Å². The van der Waals surface area contributed by atoms with Crippen LogP contribution in [-0.2, 0) is 6.42 Å². The molecule has 4 N–H and O–H groups in total. The van der Waals surface area contributed by atoms with Crippen molar-refractivity contribution in [1.82, 2.24) is 0 Å². The third-order valence-electron chi connectivity index (χ3n) is 3.39. The molecule has 0 atom stereocenters. The highest BCUT2D eigenvalue weighted by molar-refractivity contribution is 6.32. The van der Waals surface area contributed by atoms with Gasteiger partial charge in [0.05, 0.1) is 6.61 Å². The Morgan fingerprint density at radius 1 is 1.26 bits per heavy atom. The molecular weight excluding hydrogens is 260 g/mol. The molecule has 0 saturated heterocycles. The maximum absolute atomic E-state index is 6.34. The minimum Gasteiger partial charge on any atom is -0.493 e. The van der Waals surface area contributed by atoms with Crippen molar-refractivity contribution in [2.24, 2.45) is 17.4 Å². The SMILES string of the molecule is CCCOc1cc(C)c(Cl)c(C)c1CC(CN)CN. The molecule has 1 rings (SSSR count). The van der Waals surface area contributed by atoms with Gasteiger partial charge in [-0.3, -0.25) is 0 Å². The predicted molar refractivity (Wildman–Crippen MR) is 82.0 cm³/mol. The number of hydrogen-bond acceptors (Lipinski definition) is 3. The molecule has 19 heavy (non-hydrogen) atoms. The second-order valence-electron chi connectivity index (χ2n) is 5.00. The van der Waals surface area contributed by atoms with Gasteiger partial charge >= 0.3 is 0 Å². The lowest BCUT2D eigenvalue weighted by Crippen LogP contribution is -2.25. The lowest BCUT2D eigenvalue weighted by atomic mass is 9.94. The summed E-state index contributed by atoms with van der Waals surface area (Å²) in [5.74, 6) is 1.19. The van der Waals surface area contributed by atoms with Crippen molar-refractivity contribution in [2.45, 2.75) is 33.6 Å². The van der Waals surface area contributed by atoms with Crippen LogP contribution in [0.4, 0.5) is 0 Å². The zero-order valence-corrected chi connectivity index (χ0v) is 12.9. The summed E-state index contributed by atoms with van der Waals surface area (Å²) in [4.78, 5) is 0. The van der Waals surface area contributed by atoms with Gasteiger partial charge in [0.2, 0.25) is 0 Å². The summed E-state index contributed by atoms with van der Waals surface area (Å²) in [6.45, 7) is 8.00. The molecule has 0 radical (unpaired) electrons. The zero-order chi connectivity index (χ0) is 14.4. The Morgan fingerprint density at radius 2 is 1.89 bits per heavy atom. The van der Waals surface area contributed by atoms with E-state index in [0.717, 1.165) is 40.3 Å².